The second-order valence-corrected chi connectivity index (χ2v) is 4.74. The number of nitrogens with zero attached hydrogens (tertiary/aromatic N) is 1. The largest absolute Gasteiger partial charge is 0.376 e. The van der Waals surface area contributed by atoms with Crippen LogP contribution in [0.25, 0.3) is 0 Å². The van der Waals surface area contributed by atoms with E-state index in [-0.39, 0.29) is 0 Å². The van der Waals surface area contributed by atoms with Crippen LogP contribution in [0.5, 0.6) is 0 Å². The molecule has 15 heavy (non-hydrogen) atoms. The smallest absolute Gasteiger partial charge is 0.0820 e. The monoisotopic (exact) mass is 210 g/mol. The van der Waals surface area contributed by atoms with Gasteiger partial charge in [-0.25, -0.2) is 0 Å². The first-order chi connectivity index (χ1) is 7.06. The Labute approximate surface area is 94.9 Å². The van der Waals surface area contributed by atoms with Gasteiger partial charge >= 0.3 is 0 Å². The van der Waals surface area contributed by atoms with Gasteiger partial charge in [-0.05, 0) is 24.2 Å². The first kappa shape index (κ1) is 14.2. The number of hydrogen-bond donors (Lipinski definition) is 1. The number of hydrogen-bond acceptors (Lipinski definition) is 1. The van der Waals surface area contributed by atoms with Crippen molar-refractivity contribution in [2.45, 2.75) is 34.1 Å². The van der Waals surface area contributed by atoms with Gasteiger partial charge in [0.15, 0.2) is 0 Å². The summed E-state index contributed by atoms with van der Waals surface area (Å²) >= 11 is 0. The van der Waals surface area contributed by atoms with Gasteiger partial charge in [0.25, 0.3) is 0 Å². The van der Waals surface area contributed by atoms with Crippen LogP contribution in [0.4, 0.5) is 0 Å². The molecule has 0 aromatic carbocycles. The first-order valence-corrected chi connectivity index (χ1v) is 5.88. The quantitative estimate of drug-likeness (QED) is 0.390. The number of aliphatic imine (C=N–C) groups is 1. The van der Waals surface area contributed by atoms with Crippen molar-refractivity contribution in [1.82, 2.24) is 5.32 Å². The highest BCUT2D eigenvalue weighted by Crippen LogP contribution is 2.13. The fourth-order valence-corrected chi connectivity index (χ4v) is 1.55. The summed E-state index contributed by atoms with van der Waals surface area (Å²) in [5.41, 5.74) is 0. The summed E-state index contributed by atoms with van der Waals surface area (Å²) < 4.78 is 0. The summed E-state index contributed by atoms with van der Waals surface area (Å²) in [5, 5.41) is 3.19. The summed E-state index contributed by atoms with van der Waals surface area (Å²) in [7, 11) is 1.78. The molecule has 0 aromatic rings. The Balaban J connectivity index is 3.70. The average Bonchev–Trinajstić information content (AvgIpc) is 2.15. The molecule has 0 saturated carbocycles. The van der Waals surface area contributed by atoms with E-state index in [0.29, 0.717) is 17.8 Å². The van der Waals surface area contributed by atoms with E-state index in [1.807, 2.05) is 0 Å². The van der Waals surface area contributed by atoms with E-state index in [9.17, 15) is 0 Å². The van der Waals surface area contributed by atoms with Gasteiger partial charge < -0.3 is 5.32 Å². The molecule has 88 valence electrons. The van der Waals surface area contributed by atoms with Crippen molar-refractivity contribution in [3.05, 3.63) is 12.2 Å². The fourth-order valence-electron chi connectivity index (χ4n) is 1.55. The predicted octanol–water partition coefficient (Wildman–Crippen LogP) is 3.11. The van der Waals surface area contributed by atoms with Gasteiger partial charge in [0.05, 0.1) is 6.34 Å². The molecule has 0 rings (SSSR count). The second-order valence-electron chi connectivity index (χ2n) is 4.74. The van der Waals surface area contributed by atoms with Gasteiger partial charge in [0, 0.05) is 13.6 Å². The van der Waals surface area contributed by atoms with Gasteiger partial charge in [-0.15, -0.1) is 0 Å². The van der Waals surface area contributed by atoms with Crippen LogP contribution in [0.3, 0.4) is 0 Å². The maximum Gasteiger partial charge on any atom is 0.0820 e. The predicted molar refractivity (Wildman–Crippen MR) is 69.3 cm³/mol. The Hall–Kier alpha value is -0.790. The Kier molecular flexibility index (Phi) is 8.06. The van der Waals surface area contributed by atoms with Crippen LogP contribution in [-0.2, 0) is 0 Å². The zero-order chi connectivity index (χ0) is 11.7. The molecule has 0 heterocycles. The number of allylic oxidation sites excluding steroid dienone is 2. The minimum Gasteiger partial charge on any atom is -0.376 e. The van der Waals surface area contributed by atoms with E-state index in [0.717, 1.165) is 6.54 Å². The van der Waals surface area contributed by atoms with Crippen molar-refractivity contribution in [1.29, 1.82) is 0 Å². The third-order valence-corrected chi connectivity index (χ3v) is 2.29. The zero-order valence-corrected chi connectivity index (χ0v) is 10.8. The minimum absolute atomic E-state index is 0.660. The van der Waals surface area contributed by atoms with Crippen LogP contribution in [0.2, 0.25) is 0 Å². The molecule has 0 aliphatic heterocycles. The van der Waals surface area contributed by atoms with E-state index in [4.69, 9.17) is 0 Å². The third kappa shape index (κ3) is 9.51. The summed E-state index contributed by atoms with van der Waals surface area (Å²) in [6, 6.07) is 0. The maximum absolute atomic E-state index is 3.90. The molecule has 0 aromatic heterocycles. The normalized spacial score (nSPS) is 16.4. The lowest BCUT2D eigenvalue weighted by Crippen LogP contribution is -2.20. The molecule has 0 saturated heterocycles. The van der Waals surface area contributed by atoms with Crippen LogP contribution in [0.15, 0.2) is 17.1 Å². The highest BCUT2D eigenvalue weighted by Gasteiger charge is 2.05. The molecule has 0 spiro atoms. The molecule has 0 bridgehead atoms. The average molecular weight is 210 g/mol. The van der Waals surface area contributed by atoms with Gasteiger partial charge in [0.2, 0.25) is 0 Å². The summed E-state index contributed by atoms with van der Waals surface area (Å²) in [5.74, 6) is 2.02. The maximum atomic E-state index is 3.90. The van der Waals surface area contributed by atoms with Gasteiger partial charge in [0.1, 0.15) is 0 Å². The zero-order valence-electron chi connectivity index (χ0n) is 10.8. The fraction of sp³-hybridized carbons (Fsp3) is 0.769. The first-order valence-electron chi connectivity index (χ1n) is 5.88. The van der Waals surface area contributed by atoms with E-state index >= 15 is 0 Å². The molecule has 2 atom stereocenters. The molecule has 2 heteroatoms. The van der Waals surface area contributed by atoms with E-state index in [1.165, 1.54) is 6.42 Å². The second kappa shape index (κ2) is 8.51. The van der Waals surface area contributed by atoms with Crippen LogP contribution >= 0.6 is 0 Å². The molecular weight excluding hydrogens is 184 g/mol. The molecule has 1 N–H and O–H groups in total. The topological polar surface area (TPSA) is 24.4 Å². The molecule has 0 radical (unpaired) electrons. The Morgan fingerprint density at radius 3 is 2.33 bits per heavy atom. The van der Waals surface area contributed by atoms with Crippen molar-refractivity contribution in [2.24, 2.45) is 22.7 Å². The molecule has 0 amide bonds. The highest BCUT2D eigenvalue weighted by atomic mass is 14.9. The molecular formula is C13H26N2. The lowest BCUT2D eigenvalue weighted by molar-refractivity contribution is 0.461. The van der Waals surface area contributed by atoms with Crippen molar-refractivity contribution in [3.8, 4) is 0 Å². The SMILES string of the molecule is CN=CNCC(C)CC(C)C=CC(C)C. The van der Waals surface area contributed by atoms with Crippen LogP contribution < -0.4 is 5.32 Å². The van der Waals surface area contributed by atoms with E-state index in [1.54, 1.807) is 13.4 Å². The molecule has 0 aliphatic carbocycles. The Morgan fingerprint density at radius 1 is 1.13 bits per heavy atom. The standard InChI is InChI=1S/C13H26N2/c1-11(2)6-7-12(3)8-13(4)9-15-10-14-5/h6-7,10-13H,8-9H2,1-5H3,(H,14,15). The van der Waals surface area contributed by atoms with Crippen molar-refractivity contribution in [3.63, 3.8) is 0 Å². The van der Waals surface area contributed by atoms with Crippen molar-refractivity contribution < 1.29 is 0 Å². The minimum atomic E-state index is 0.660. The van der Waals surface area contributed by atoms with E-state index in [2.05, 4.69) is 50.2 Å². The molecule has 2 nitrogen and oxygen atoms in total. The van der Waals surface area contributed by atoms with Crippen molar-refractivity contribution >= 4 is 6.34 Å². The molecule has 2 unspecified atom stereocenters. The van der Waals surface area contributed by atoms with Gasteiger partial charge in [-0.2, -0.15) is 0 Å². The number of rotatable bonds is 7. The lowest BCUT2D eigenvalue weighted by atomic mass is 9.96. The van der Waals surface area contributed by atoms with Gasteiger partial charge in [-0.3, -0.25) is 4.99 Å². The lowest BCUT2D eigenvalue weighted by Gasteiger charge is -2.14. The summed E-state index contributed by atoms with van der Waals surface area (Å²) in [4.78, 5) is 3.90. The summed E-state index contributed by atoms with van der Waals surface area (Å²) in [6.07, 6.45) is 7.62. The molecule has 0 aliphatic rings. The van der Waals surface area contributed by atoms with Crippen LogP contribution in [-0.4, -0.2) is 19.9 Å². The highest BCUT2D eigenvalue weighted by molar-refractivity contribution is 5.53. The third-order valence-electron chi connectivity index (χ3n) is 2.29. The molecule has 0 fully saturated rings. The number of nitrogens with one attached hydrogen (secondary N) is 1. The van der Waals surface area contributed by atoms with Crippen LogP contribution in [0, 0.1) is 17.8 Å². The van der Waals surface area contributed by atoms with Crippen molar-refractivity contribution in [2.75, 3.05) is 13.6 Å². The Morgan fingerprint density at radius 2 is 1.80 bits per heavy atom. The van der Waals surface area contributed by atoms with Gasteiger partial charge in [-0.1, -0.05) is 39.8 Å². The van der Waals surface area contributed by atoms with Crippen LogP contribution in [0.1, 0.15) is 34.1 Å². The van der Waals surface area contributed by atoms with E-state index < -0.39 is 0 Å². The summed E-state index contributed by atoms with van der Waals surface area (Å²) in [6.45, 7) is 9.99. The Bertz CT molecular complexity index is 195.